The van der Waals surface area contributed by atoms with Crippen LogP contribution in [0.3, 0.4) is 0 Å². The number of ether oxygens (including phenoxy) is 2. The standard InChI is InChI=1S/C21H19BrN2O4S/c1-12(2)28-18-9-4-13(11-17(18)22)10-16-19(25)23-21(29)24(20(16)26)14-5-7-15(27-3)8-6-14/h4-12H,1-3H3,(H,23,25,29)/b16-10+. The maximum absolute atomic E-state index is 13.0. The molecule has 0 aliphatic carbocycles. The van der Waals surface area contributed by atoms with Crippen LogP contribution in [0.1, 0.15) is 19.4 Å². The Balaban J connectivity index is 1.93. The Kier molecular flexibility index (Phi) is 6.34. The van der Waals surface area contributed by atoms with Crippen LogP contribution in [0.15, 0.2) is 52.5 Å². The summed E-state index contributed by atoms with van der Waals surface area (Å²) in [4.78, 5) is 26.8. The zero-order chi connectivity index (χ0) is 21.1. The third kappa shape index (κ3) is 4.65. The number of methoxy groups -OCH3 is 1. The summed E-state index contributed by atoms with van der Waals surface area (Å²) in [6.45, 7) is 3.87. The number of nitrogens with one attached hydrogen (secondary N) is 1. The first-order valence-corrected chi connectivity index (χ1v) is 10.0. The number of thiocarbonyl (C=S) groups is 1. The fourth-order valence-electron chi connectivity index (χ4n) is 2.75. The second-order valence-corrected chi connectivity index (χ2v) is 7.75. The van der Waals surface area contributed by atoms with Crippen LogP contribution in [-0.2, 0) is 9.59 Å². The number of rotatable bonds is 5. The molecule has 0 spiro atoms. The number of nitrogens with zero attached hydrogens (tertiary/aromatic N) is 1. The first kappa shape index (κ1) is 21.0. The van der Waals surface area contributed by atoms with Crippen molar-refractivity contribution >= 4 is 56.8 Å². The van der Waals surface area contributed by atoms with Crippen molar-refractivity contribution in [1.29, 1.82) is 0 Å². The van der Waals surface area contributed by atoms with Gasteiger partial charge in [0.1, 0.15) is 17.1 Å². The van der Waals surface area contributed by atoms with Crippen molar-refractivity contribution < 1.29 is 19.1 Å². The molecule has 1 aliphatic heterocycles. The minimum absolute atomic E-state index is 0.0150. The monoisotopic (exact) mass is 474 g/mol. The van der Waals surface area contributed by atoms with Crippen LogP contribution >= 0.6 is 28.1 Å². The molecule has 6 nitrogen and oxygen atoms in total. The van der Waals surface area contributed by atoms with E-state index in [1.165, 1.54) is 11.0 Å². The highest BCUT2D eigenvalue weighted by Crippen LogP contribution is 2.29. The molecule has 2 aromatic rings. The fraction of sp³-hybridized carbons (Fsp3) is 0.190. The van der Waals surface area contributed by atoms with Gasteiger partial charge in [-0.05, 0) is 90.0 Å². The average molecular weight is 475 g/mol. The summed E-state index contributed by atoms with van der Waals surface area (Å²) < 4.78 is 11.6. The highest BCUT2D eigenvalue weighted by Gasteiger charge is 2.34. The van der Waals surface area contributed by atoms with Gasteiger partial charge in [-0.15, -0.1) is 0 Å². The van der Waals surface area contributed by atoms with E-state index >= 15 is 0 Å². The molecule has 0 saturated carbocycles. The molecule has 8 heteroatoms. The third-order valence-corrected chi connectivity index (χ3v) is 4.97. The second-order valence-electron chi connectivity index (χ2n) is 6.51. The van der Waals surface area contributed by atoms with E-state index in [4.69, 9.17) is 21.7 Å². The maximum Gasteiger partial charge on any atom is 0.270 e. The molecule has 1 saturated heterocycles. The van der Waals surface area contributed by atoms with Crippen LogP contribution in [-0.4, -0.2) is 30.1 Å². The lowest BCUT2D eigenvalue weighted by atomic mass is 10.1. The van der Waals surface area contributed by atoms with E-state index in [-0.39, 0.29) is 16.8 Å². The van der Waals surface area contributed by atoms with Crippen molar-refractivity contribution in [3.05, 3.63) is 58.1 Å². The first-order valence-electron chi connectivity index (χ1n) is 8.82. The van der Waals surface area contributed by atoms with Crippen molar-refractivity contribution in [3.63, 3.8) is 0 Å². The molecule has 3 rings (SSSR count). The fourth-order valence-corrected chi connectivity index (χ4v) is 3.52. The lowest BCUT2D eigenvalue weighted by Crippen LogP contribution is -2.54. The van der Waals surface area contributed by atoms with Crippen LogP contribution in [0.4, 0.5) is 5.69 Å². The molecular weight excluding hydrogens is 456 g/mol. The van der Waals surface area contributed by atoms with Gasteiger partial charge in [0.25, 0.3) is 11.8 Å². The number of hydrogen-bond acceptors (Lipinski definition) is 5. The molecule has 0 unspecified atom stereocenters. The van der Waals surface area contributed by atoms with Crippen molar-refractivity contribution in [2.75, 3.05) is 12.0 Å². The molecule has 1 N–H and O–H groups in total. The van der Waals surface area contributed by atoms with Crippen molar-refractivity contribution in [2.45, 2.75) is 20.0 Å². The van der Waals surface area contributed by atoms with Gasteiger partial charge < -0.3 is 9.47 Å². The summed E-state index contributed by atoms with van der Waals surface area (Å²) in [7, 11) is 1.56. The lowest BCUT2D eigenvalue weighted by Gasteiger charge is -2.29. The van der Waals surface area contributed by atoms with Crippen LogP contribution in [0, 0.1) is 0 Å². The summed E-state index contributed by atoms with van der Waals surface area (Å²) in [5.74, 6) is 0.297. The Labute approximate surface area is 182 Å². The Morgan fingerprint density at radius 3 is 2.41 bits per heavy atom. The van der Waals surface area contributed by atoms with Crippen LogP contribution in [0.5, 0.6) is 11.5 Å². The largest absolute Gasteiger partial charge is 0.497 e. The van der Waals surface area contributed by atoms with Crippen LogP contribution < -0.4 is 19.7 Å². The number of benzene rings is 2. The summed E-state index contributed by atoms with van der Waals surface area (Å²) in [5, 5.41) is 2.60. The molecule has 0 bridgehead atoms. The molecule has 0 atom stereocenters. The number of hydrogen-bond donors (Lipinski definition) is 1. The SMILES string of the molecule is COc1ccc(N2C(=O)/C(=C/c3ccc(OC(C)C)c(Br)c3)C(=O)NC2=S)cc1. The molecule has 0 aromatic heterocycles. The molecule has 1 aliphatic rings. The van der Waals surface area contributed by atoms with Crippen LogP contribution in [0.2, 0.25) is 0 Å². The lowest BCUT2D eigenvalue weighted by molar-refractivity contribution is -0.122. The number of amides is 2. The smallest absolute Gasteiger partial charge is 0.270 e. The molecule has 1 heterocycles. The molecule has 2 amide bonds. The zero-order valence-electron chi connectivity index (χ0n) is 16.1. The van der Waals surface area contributed by atoms with Crippen molar-refractivity contribution in [2.24, 2.45) is 0 Å². The number of carbonyl (C=O) groups excluding carboxylic acids is 2. The summed E-state index contributed by atoms with van der Waals surface area (Å²) in [6.07, 6.45) is 1.56. The summed E-state index contributed by atoms with van der Waals surface area (Å²) >= 11 is 8.67. The van der Waals surface area contributed by atoms with E-state index in [1.807, 2.05) is 13.8 Å². The maximum atomic E-state index is 13.0. The van der Waals surface area contributed by atoms with Gasteiger partial charge in [-0.2, -0.15) is 0 Å². The minimum Gasteiger partial charge on any atom is -0.497 e. The number of carbonyl (C=O) groups is 2. The van der Waals surface area contributed by atoms with Gasteiger partial charge in [-0.1, -0.05) is 6.07 Å². The van der Waals surface area contributed by atoms with Gasteiger partial charge in [0.05, 0.1) is 23.4 Å². The van der Waals surface area contributed by atoms with Gasteiger partial charge in [0.2, 0.25) is 0 Å². The highest BCUT2D eigenvalue weighted by atomic mass is 79.9. The Hall–Kier alpha value is -2.71. The zero-order valence-corrected chi connectivity index (χ0v) is 18.5. The topological polar surface area (TPSA) is 67.9 Å². The Bertz CT molecular complexity index is 1000. The summed E-state index contributed by atoms with van der Waals surface area (Å²) in [6, 6.07) is 12.2. The average Bonchev–Trinajstić information content (AvgIpc) is 2.67. The van der Waals surface area contributed by atoms with E-state index in [1.54, 1.807) is 49.6 Å². The Morgan fingerprint density at radius 1 is 1.14 bits per heavy atom. The predicted octanol–water partition coefficient (Wildman–Crippen LogP) is 4.08. The first-order chi connectivity index (χ1) is 13.8. The van der Waals surface area contributed by atoms with E-state index in [0.717, 1.165) is 4.47 Å². The van der Waals surface area contributed by atoms with Gasteiger partial charge in [0.15, 0.2) is 5.11 Å². The molecule has 0 radical (unpaired) electrons. The van der Waals surface area contributed by atoms with E-state index < -0.39 is 11.8 Å². The summed E-state index contributed by atoms with van der Waals surface area (Å²) in [5.41, 5.74) is 1.20. The minimum atomic E-state index is -0.539. The van der Waals surface area contributed by atoms with Gasteiger partial charge in [-0.25, -0.2) is 0 Å². The number of halogens is 1. The van der Waals surface area contributed by atoms with E-state index in [2.05, 4.69) is 21.2 Å². The van der Waals surface area contributed by atoms with Gasteiger partial charge in [-0.3, -0.25) is 19.8 Å². The molecular formula is C21H19BrN2O4S. The number of anilines is 1. The molecule has 1 fully saturated rings. The van der Waals surface area contributed by atoms with E-state index in [0.29, 0.717) is 22.7 Å². The molecule has 2 aromatic carbocycles. The van der Waals surface area contributed by atoms with Crippen molar-refractivity contribution in [3.8, 4) is 11.5 Å². The second kappa shape index (κ2) is 8.75. The molecule has 150 valence electrons. The molecule has 29 heavy (non-hydrogen) atoms. The normalized spacial score (nSPS) is 15.7. The Morgan fingerprint density at radius 2 is 1.83 bits per heavy atom. The van der Waals surface area contributed by atoms with Crippen LogP contribution in [0.25, 0.3) is 6.08 Å². The van der Waals surface area contributed by atoms with Crippen molar-refractivity contribution in [1.82, 2.24) is 5.32 Å². The van der Waals surface area contributed by atoms with Gasteiger partial charge in [0, 0.05) is 0 Å². The third-order valence-electron chi connectivity index (χ3n) is 4.06. The predicted molar refractivity (Wildman–Crippen MR) is 119 cm³/mol. The van der Waals surface area contributed by atoms with Gasteiger partial charge >= 0.3 is 0 Å². The quantitative estimate of drug-likeness (QED) is 0.401. The highest BCUT2D eigenvalue weighted by molar-refractivity contribution is 9.10. The van der Waals surface area contributed by atoms with E-state index in [9.17, 15) is 9.59 Å².